The molecule has 1 atom stereocenters. The summed E-state index contributed by atoms with van der Waals surface area (Å²) in [5, 5.41) is 6.19. The van der Waals surface area contributed by atoms with E-state index < -0.39 is 0 Å². The Morgan fingerprint density at radius 3 is 2.75 bits per heavy atom. The Morgan fingerprint density at radius 1 is 1.35 bits per heavy atom. The zero-order chi connectivity index (χ0) is 14.5. The molecule has 1 unspecified atom stereocenters. The molecule has 5 heteroatoms. The maximum atomic E-state index is 6.19. The molecule has 0 aromatic carbocycles. The van der Waals surface area contributed by atoms with Crippen molar-refractivity contribution in [3.63, 3.8) is 0 Å². The van der Waals surface area contributed by atoms with Gasteiger partial charge in [0.1, 0.15) is 16.8 Å². The van der Waals surface area contributed by atoms with Gasteiger partial charge in [-0.15, -0.1) is 11.3 Å². The van der Waals surface area contributed by atoms with Crippen molar-refractivity contribution in [2.75, 3.05) is 5.32 Å². The summed E-state index contributed by atoms with van der Waals surface area (Å²) in [4.78, 5) is 10.2. The molecule has 108 valence electrons. The first-order valence-corrected chi connectivity index (χ1v) is 8.24. The predicted molar refractivity (Wildman–Crippen MR) is 86.7 cm³/mol. The van der Waals surface area contributed by atoms with Gasteiger partial charge < -0.3 is 5.32 Å². The molecule has 0 amide bonds. The summed E-state index contributed by atoms with van der Waals surface area (Å²) >= 11 is 7.97. The molecule has 0 fully saturated rings. The van der Waals surface area contributed by atoms with Crippen LogP contribution in [0.5, 0.6) is 0 Å². The molecule has 0 saturated carbocycles. The first kappa shape index (κ1) is 15.3. The van der Waals surface area contributed by atoms with Crippen LogP contribution < -0.4 is 5.32 Å². The first-order chi connectivity index (χ1) is 9.65. The van der Waals surface area contributed by atoms with Crippen molar-refractivity contribution in [1.82, 2.24) is 9.97 Å². The second-order valence-electron chi connectivity index (χ2n) is 4.76. The van der Waals surface area contributed by atoms with Gasteiger partial charge >= 0.3 is 0 Å². The van der Waals surface area contributed by atoms with Crippen LogP contribution in [-0.2, 0) is 6.42 Å². The highest BCUT2D eigenvalue weighted by Crippen LogP contribution is 2.29. The number of hydrogen-bond donors (Lipinski definition) is 1. The SMILES string of the molecule is CCCC(Nc1nc(CC)nc(Cl)c1C)c1cccs1. The molecular formula is C15H20ClN3S. The predicted octanol–water partition coefficient (Wildman–Crippen LogP) is 5.02. The minimum absolute atomic E-state index is 0.286. The van der Waals surface area contributed by atoms with Crippen LogP contribution in [0.2, 0.25) is 5.15 Å². The molecule has 0 spiro atoms. The third-order valence-electron chi connectivity index (χ3n) is 3.22. The van der Waals surface area contributed by atoms with E-state index in [-0.39, 0.29) is 6.04 Å². The quantitative estimate of drug-likeness (QED) is 0.762. The second kappa shape index (κ2) is 7.04. The molecule has 20 heavy (non-hydrogen) atoms. The molecule has 2 aromatic heterocycles. The molecule has 1 N–H and O–H groups in total. The van der Waals surface area contributed by atoms with Crippen molar-refractivity contribution in [3.8, 4) is 0 Å². The lowest BCUT2D eigenvalue weighted by Crippen LogP contribution is -2.13. The molecule has 2 rings (SSSR count). The topological polar surface area (TPSA) is 37.8 Å². The monoisotopic (exact) mass is 309 g/mol. The number of hydrogen-bond acceptors (Lipinski definition) is 4. The van der Waals surface area contributed by atoms with Crippen molar-refractivity contribution in [1.29, 1.82) is 0 Å². The Balaban J connectivity index is 2.28. The number of aromatic nitrogens is 2. The number of halogens is 1. The van der Waals surface area contributed by atoms with Crippen molar-refractivity contribution in [2.45, 2.75) is 46.1 Å². The molecule has 0 aliphatic heterocycles. The van der Waals surface area contributed by atoms with E-state index in [2.05, 4.69) is 39.7 Å². The number of anilines is 1. The normalized spacial score (nSPS) is 12.4. The highest BCUT2D eigenvalue weighted by Gasteiger charge is 2.15. The van der Waals surface area contributed by atoms with Gasteiger partial charge in [0.15, 0.2) is 0 Å². The third kappa shape index (κ3) is 3.49. The zero-order valence-corrected chi connectivity index (χ0v) is 13.7. The van der Waals surface area contributed by atoms with Crippen LogP contribution >= 0.6 is 22.9 Å². The Labute approximate surface area is 129 Å². The maximum absolute atomic E-state index is 6.19. The van der Waals surface area contributed by atoms with E-state index in [1.54, 1.807) is 11.3 Å². The number of nitrogens with one attached hydrogen (secondary N) is 1. The number of nitrogens with zero attached hydrogens (tertiary/aromatic N) is 2. The number of aryl methyl sites for hydroxylation is 1. The van der Waals surface area contributed by atoms with E-state index in [4.69, 9.17) is 11.6 Å². The summed E-state index contributed by atoms with van der Waals surface area (Å²) in [5.41, 5.74) is 0.918. The fraction of sp³-hybridized carbons (Fsp3) is 0.467. The van der Waals surface area contributed by atoms with Crippen LogP contribution in [-0.4, -0.2) is 9.97 Å². The van der Waals surface area contributed by atoms with Gasteiger partial charge in [-0.05, 0) is 24.8 Å². The van der Waals surface area contributed by atoms with Crippen LogP contribution in [0.1, 0.15) is 49.0 Å². The molecule has 2 aromatic rings. The van der Waals surface area contributed by atoms with Crippen molar-refractivity contribution >= 4 is 28.8 Å². The molecular weight excluding hydrogens is 290 g/mol. The van der Waals surface area contributed by atoms with E-state index in [1.165, 1.54) is 4.88 Å². The smallest absolute Gasteiger partial charge is 0.137 e. The van der Waals surface area contributed by atoms with Gasteiger partial charge in [-0.25, -0.2) is 9.97 Å². The summed E-state index contributed by atoms with van der Waals surface area (Å²) in [5.74, 6) is 1.64. The highest BCUT2D eigenvalue weighted by atomic mass is 35.5. The van der Waals surface area contributed by atoms with E-state index >= 15 is 0 Å². The lowest BCUT2D eigenvalue weighted by molar-refractivity contribution is 0.682. The summed E-state index contributed by atoms with van der Waals surface area (Å²) in [6.45, 7) is 6.19. The van der Waals surface area contributed by atoms with Gasteiger partial charge in [-0.3, -0.25) is 0 Å². The van der Waals surface area contributed by atoms with Crippen LogP contribution in [0.3, 0.4) is 0 Å². The molecule has 3 nitrogen and oxygen atoms in total. The number of thiophene rings is 1. The fourth-order valence-electron chi connectivity index (χ4n) is 2.06. The molecule has 0 aliphatic carbocycles. The minimum Gasteiger partial charge on any atom is -0.362 e. The van der Waals surface area contributed by atoms with E-state index in [0.717, 1.165) is 36.5 Å². The maximum Gasteiger partial charge on any atom is 0.137 e. The molecule has 0 radical (unpaired) electrons. The molecule has 2 heterocycles. The Morgan fingerprint density at radius 2 is 2.15 bits per heavy atom. The Bertz CT molecular complexity index is 554. The average Bonchev–Trinajstić information content (AvgIpc) is 2.96. The molecule has 0 saturated heterocycles. The second-order valence-corrected chi connectivity index (χ2v) is 6.10. The van der Waals surface area contributed by atoms with Gasteiger partial charge in [-0.2, -0.15) is 0 Å². The van der Waals surface area contributed by atoms with Crippen molar-refractivity contribution < 1.29 is 0 Å². The van der Waals surface area contributed by atoms with Crippen LogP contribution in [0.4, 0.5) is 5.82 Å². The van der Waals surface area contributed by atoms with Crippen molar-refractivity contribution in [3.05, 3.63) is 38.9 Å². The first-order valence-electron chi connectivity index (χ1n) is 6.98. The van der Waals surface area contributed by atoms with Gasteiger partial charge in [0, 0.05) is 16.9 Å². The fourth-order valence-corrected chi connectivity index (χ4v) is 3.06. The summed E-state index contributed by atoms with van der Waals surface area (Å²) in [7, 11) is 0. The molecule has 0 bridgehead atoms. The summed E-state index contributed by atoms with van der Waals surface area (Å²) in [6, 6.07) is 4.53. The van der Waals surface area contributed by atoms with Gasteiger partial charge in [0.2, 0.25) is 0 Å². The van der Waals surface area contributed by atoms with Gasteiger partial charge in [-0.1, -0.05) is 37.9 Å². The minimum atomic E-state index is 0.286. The van der Waals surface area contributed by atoms with Gasteiger partial charge in [0.05, 0.1) is 6.04 Å². The van der Waals surface area contributed by atoms with E-state index in [9.17, 15) is 0 Å². The van der Waals surface area contributed by atoms with Crippen molar-refractivity contribution in [2.24, 2.45) is 0 Å². The van der Waals surface area contributed by atoms with E-state index in [1.807, 2.05) is 13.8 Å². The largest absolute Gasteiger partial charge is 0.362 e. The lowest BCUT2D eigenvalue weighted by atomic mass is 10.1. The molecule has 0 aliphatic rings. The van der Waals surface area contributed by atoms with Crippen LogP contribution in [0, 0.1) is 6.92 Å². The number of rotatable bonds is 6. The Hall–Kier alpha value is -1.13. The van der Waals surface area contributed by atoms with E-state index in [0.29, 0.717) is 5.15 Å². The zero-order valence-electron chi connectivity index (χ0n) is 12.1. The third-order valence-corrected chi connectivity index (χ3v) is 4.58. The van der Waals surface area contributed by atoms with Crippen LogP contribution in [0.25, 0.3) is 0 Å². The van der Waals surface area contributed by atoms with Gasteiger partial charge in [0.25, 0.3) is 0 Å². The average molecular weight is 310 g/mol. The Kier molecular flexibility index (Phi) is 5.38. The summed E-state index contributed by atoms with van der Waals surface area (Å²) in [6.07, 6.45) is 2.98. The highest BCUT2D eigenvalue weighted by molar-refractivity contribution is 7.10. The lowest BCUT2D eigenvalue weighted by Gasteiger charge is -2.19. The van der Waals surface area contributed by atoms with Crippen LogP contribution in [0.15, 0.2) is 17.5 Å². The summed E-state index contributed by atoms with van der Waals surface area (Å²) < 4.78 is 0. The standard InChI is InChI=1S/C15H20ClN3S/c1-4-7-11(12-8-6-9-20-12)17-15-10(3)14(16)18-13(5-2)19-15/h6,8-9,11H,4-5,7H2,1-3H3,(H,17,18,19).